The van der Waals surface area contributed by atoms with E-state index in [-0.39, 0.29) is 5.76 Å². The van der Waals surface area contributed by atoms with Gasteiger partial charge >= 0.3 is 0 Å². The molecule has 0 saturated carbocycles. The Hall–Kier alpha value is -0.990. The van der Waals surface area contributed by atoms with Gasteiger partial charge in [0.2, 0.25) is 0 Å². The second kappa shape index (κ2) is 2.23. The molecule has 0 aromatic heterocycles. The number of methoxy groups -OCH3 is 1. The fourth-order valence-corrected chi connectivity index (χ4v) is 0.101. The van der Waals surface area contributed by atoms with Gasteiger partial charge in [-0.2, -0.15) is 0 Å². The third-order valence-electron chi connectivity index (χ3n) is 0.521. The molecule has 0 radical (unpaired) electrons. The minimum Gasteiger partial charge on any atom is -0.492 e. The molecule has 0 aromatic rings. The first-order valence-electron chi connectivity index (χ1n) is 1.71. The van der Waals surface area contributed by atoms with Crippen molar-refractivity contribution >= 4 is 5.91 Å². The van der Waals surface area contributed by atoms with Gasteiger partial charge in [0.25, 0.3) is 5.91 Å². The normalized spacial score (nSPS) is 7.57. The summed E-state index contributed by atoms with van der Waals surface area (Å²) in [6, 6.07) is 0. The van der Waals surface area contributed by atoms with Gasteiger partial charge in [-0.25, -0.2) is 0 Å². The number of amides is 1. The molecule has 40 valence electrons. The third-order valence-corrected chi connectivity index (χ3v) is 0.521. The second-order valence-electron chi connectivity index (χ2n) is 0.992. The molecule has 0 spiro atoms. The Morgan fingerprint density at radius 2 is 2.29 bits per heavy atom. The highest BCUT2D eigenvalue weighted by Gasteiger charge is 1.95. The molecule has 7 heavy (non-hydrogen) atoms. The van der Waals surface area contributed by atoms with Crippen molar-refractivity contribution in [1.29, 1.82) is 0 Å². The lowest BCUT2D eigenvalue weighted by atomic mass is 10.5. The van der Waals surface area contributed by atoms with Crippen LogP contribution in [0.1, 0.15) is 0 Å². The van der Waals surface area contributed by atoms with E-state index in [1.54, 1.807) is 0 Å². The van der Waals surface area contributed by atoms with Gasteiger partial charge in [-0.15, -0.1) is 0 Å². The van der Waals surface area contributed by atoms with Crippen molar-refractivity contribution in [3.05, 3.63) is 12.3 Å². The molecule has 0 bridgehead atoms. The van der Waals surface area contributed by atoms with Crippen LogP contribution >= 0.6 is 0 Å². The fraction of sp³-hybridized carbons (Fsp3) is 0.250. The molecule has 0 atom stereocenters. The Kier molecular flexibility index (Phi) is 1.91. The highest BCUT2D eigenvalue weighted by Crippen LogP contribution is 1.83. The van der Waals surface area contributed by atoms with Gasteiger partial charge in [0.1, 0.15) is 0 Å². The Morgan fingerprint density at radius 3 is 2.29 bits per heavy atom. The van der Waals surface area contributed by atoms with Crippen LogP contribution in [0, 0.1) is 0 Å². The molecule has 3 heteroatoms. The lowest BCUT2D eigenvalue weighted by Gasteiger charge is -1.93. The van der Waals surface area contributed by atoms with E-state index < -0.39 is 5.91 Å². The van der Waals surface area contributed by atoms with Crippen LogP contribution in [0.3, 0.4) is 0 Å². The topological polar surface area (TPSA) is 52.3 Å². The van der Waals surface area contributed by atoms with E-state index in [4.69, 9.17) is 0 Å². The van der Waals surface area contributed by atoms with Crippen LogP contribution in [0.5, 0.6) is 0 Å². The molecule has 0 aromatic carbocycles. The summed E-state index contributed by atoms with van der Waals surface area (Å²) in [7, 11) is 1.34. The predicted molar refractivity (Wildman–Crippen MR) is 25.3 cm³/mol. The van der Waals surface area contributed by atoms with E-state index in [0.29, 0.717) is 0 Å². The summed E-state index contributed by atoms with van der Waals surface area (Å²) in [4.78, 5) is 9.93. The van der Waals surface area contributed by atoms with Gasteiger partial charge in [0.15, 0.2) is 5.76 Å². The smallest absolute Gasteiger partial charge is 0.283 e. The average molecular weight is 101 g/mol. The summed E-state index contributed by atoms with van der Waals surface area (Å²) in [5.74, 6) is -0.637. The van der Waals surface area contributed by atoms with Crippen LogP contribution < -0.4 is 5.73 Å². The Bertz CT molecular complexity index is 97.9. The van der Waals surface area contributed by atoms with Gasteiger partial charge in [0.05, 0.1) is 7.11 Å². The third kappa shape index (κ3) is 1.81. The van der Waals surface area contributed by atoms with Gasteiger partial charge in [-0.1, -0.05) is 6.58 Å². The number of primary amides is 1. The molecule has 2 N–H and O–H groups in total. The zero-order valence-corrected chi connectivity index (χ0v) is 4.10. The Balaban J connectivity index is 3.58. The monoisotopic (exact) mass is 101 g/mol. The molecule has 0 fully saturated rings. The van der Waals surface area contributed by atoms with Crippen molar-refractivity contribution in [2.75, 3.05) is 7.11 Å². The van der Waals surface area contributed by atoms with Crippen molar-refractivity contribution in [3.63, 3.8) is 0 Å². The van der Waals surface area contributed by atoms with E-state index in [0.717, 1.165) is 0 Å². The largest absolute Gasteiger partial charge is 0.492 e. The van der Waals surface area contributed by atoms with Crippen molar-refractivity contribution in [3.8, 4) is 0 Å². The summed E-state index contributed by atoms with van der Waals surface area (Å²) >= 11 is 0. The molecule has 0 heterocycles. The van der Waals surface area contributed by atoms with Crippen LogP contribution in [0.4, 0.5) is 0 Å². The summed E-state index contributed by atoms with van der Waals surface area (Å²) in [5, 5.41) is 0. The predicted octanol–water partition coefficient (Wildman–Crippen LogP) is -0.368. The van der Waals surface area contributed by atoms with Crippen LogP contribution in [0.15, 0.2) is 12.3 Å². The SMILES string of the molecule is C=C(OC)C(N)=O. The van der Waals surface area contributed by atoms with Crippen molar-refractivity contribution in [1.82, 2.24) is 0 Å². The summed E-state index contributed by atoms with van der Waals surface area (Å²) in [6.07, 6.45) is 0. The number of ether oxygens (including phenoxy) is 1. The summed E-state index contributed by atoms with van der Waals surface area (Å²) in [5.41, 5.74) is 4.68. The maximum atomic E-state index is 9.93. The van der Waals surface area contributed by atoms with Crippen molar-refractivity contribution in [2.45, 2.75) is 0 Å². The zero-order chi connectivity index (χ0) is 5.86. The van der Waals surface area contributed by atoms with Crippen molar-refractivity contribution < 1.29 is 9.53 Å². The maximum Gasteiger partial charge on any atom is 0.283 e. The molecule has 0 aliphatic rings. The number of nitrogens with two attached hydrogens (primary N) is 1. The first kappa shape index (κ1) is 6.01. The van der Waals surface area contributed by atoms with Gasteiger partial charge in [-0.05, 0) is 0 Å². The van der Waals surface area contributed by atoms with E-state index in [2.05, 4.69) is 17.0 Å². The minimum atomic E-state index is -0.623. The van der Waals surface area contributed by atoms with Crippen LogP contribution in [-0.2, 0) is 9.53 Å². The Labute approximate surface area is 41.8 Å². The van der Waals surface area contributed by atoms with Crippen LogP contribution in [0.25, 0.3) is 0 Å². The lowest BCUT2D eigenvalue weighted by molar-refractivity contribution is -0.117. The maximum absolute atomic E-state index is 9.93. The number of hydrogen-bond donors (Lipinski definition) is 1. The highest BCUT2D eigenvalue weighted by molar-refractivity contribution is 5.89. The first-order chi connectivity index (χ1) is 3.18. The summed E-state index contributed by atoms with van der Waals surface area (Å²) < 4.78 is 4.34. The van der Waals surface area contributed by atoms with E-state index in [1.807, 2.05) is 0 Å². The number of hydrogen-bond acceptors (Lipinski definition) is 2. The minimum absolute atomic E-state index is 0.0139. The van der Waals surface area contributed by atoms with E-state index >= 15 is 0 Å². The van der Waals surface area contributed by atoms with Gasteiger partial charge in [-0.3, -0.25) is 4.79 Å². The number of rotatable bonds is 2. The molecule has 0 rings (SSSR count). The first-order valence-corrected chi connectivity index (χ1v) is 1.71. The molecule has 0 saturated heterocycles. The van der Waals surface area contributed by atoms with Crippen LogP contribution in [0.2, 0.25) is 0 Å². The molecule has 3 nitrogen and oxygen atoms in total. The highest BCUT2D eigenvalue weighted by atomic mass is 16.5. The molecule has 0 aliphatic carbocycles. The zero-order valence-electron chi connectivity index (χ0n) is 4.10. The molecule has 1 amide bonds. The average Bonchev–Trinajstić information content (AvgIpc) is 1.65. The number of carbonyl (C=O) groups is 1. The lowest BCUT2D eigenvalue weighted by Crippen LogP contribution is -2.13. The Morgan fingerprint density at radius 1 is 1.86 bits per heavy atom. The van der Waals surface area contributed by atoms with Crippen LogP contribution in [-0.4, -0.2) is 13.0 Å². The fourth-order valence-electron chi connectivity index (χ4n) is 0.101. The number of carbonyl (C=O) groups excluding carboxylic acids is 1. The molecule has 0 unspecified atom stereocenters. The standard InChI is InChI=1S/C4H7NO2/c1-3(7-2)4(5)6/h1H2,2H3,(H2,5,6). The molecular weight excluding hydrogens is 94.0 g/mol. The van der Waals surface area contributed by atoms with Gasteiger partial charge in [0, 0.05) is 0 Å². The summed E-state index contributed by atoms with van der Waals surface area (Å²) in [6.45, 7) is 3.18. The van der Waals surface area contributed by atoms with Crippen molar-refractivity contribution in [2.24, 2.45) is 5.73 Å². The molecular formula is C4H7NO2. The second-order valence-corrected chi connectivity index (χ2v) is 0.992. The van der Waals surface area contributed by atoms with Gasteiger partial charge < -0.3 is 10.5 Å². The van der Waals surface area contributed by atoms with E-state index in [1.165, 1.54) is 7.11 Å². The van der Waals surface area contributed by atoms with E-state index in [9.17, 15) is 4.79 Å². The molecule has 0 aliphatic heterocycles. The quantitative estimate of drug-likeness (QED) is 0.381.